The number of ether oxygens (including phenoxy) is 1. The molecule has 8 nitrogen and oxygen atoms in total. The van der Waals surface area contributed by atoms with Crippen molar-refractivity contribution < 1.29 is 17.9 Å². The number of imidazole rings is 1. The van der Waals surface area contributed by atoms with Crippen LogP contribution in [0.4, 0.5) is 0 Å². The Hall–Kier alpha value is -2.08. The third kappa shape index (κ3) is 4.34. The highest BCUT2D eigenvalue weighted by Crippen LogP contribution is 2.27. The molecule has 0 amide bonds. The van der Waals surface area contributed by atoms with Crippen molar-refractivity contribution in [2.75, 3.05) is 13.1 Å². The molecule has 4 rings (SSSR count). The molecule has 1 aliphatic rings. The monoisotopic (exact) mass is 466 g/mol. The van der Waals surface area contributed by atoms with Crippen molar-refractivity contribution in [1.29, 1.82) is 0 Å². The van der Waals surface area contributed by atoms with E-state index in [1.54, 1.807) is 29.9 Å². The number of sulfonamides is 1. The van der Waals surface area contributed by atoms with Gasteiger partial charge in [0.1, 0.15) is 17.4 Å². The number of hydrogen-bond donors (Lipinski definition) is 0. The number of aryl methyl sites for hydroxylation is 2. The Labute approximate surface area is 183 Å². The first-order valence-corrected chi connectivity index (χ1v) is 12.7. The molecule has 0 radical (unpaired) electrons. The number of rotatable bonds is 6. The van der Waals surface area contributed by atoms with Crippen LogP contribution in [0.1, 0.15) is 24.4 Å². The van der Waals surface area contributed by atoms with Crippen LogP contribution in [-0.2, 0) is 33.2 Å². The first-order chi connectivity index (χ1) is 14.3. The topological polar surface area (TPSA) is 94.4 Å². The number of carbonyl (C=O) groups excluding carboxylic acids is 1. The molecule has 3 aromatic heterocycles. The van der Waals surface area contributed by atoms with E-state index < -0.39 is 10.0 Å². The molecule has 0 N–H and O–H groups in total. The summed E-state index contributed by atoms with van der Waals surface area (Å²) in [4.78, 5) is 21.1. The van der Waals surface area contributed by atoms with Crippen LogP contribution in [-0.4, -0.2) is 46.3 Å². The maximum Gasteiger partial charge on any atom is 0.309 e. The number of carbonyl (C=O) groups is 1. The summed E-state index contributed by atoms with van der Waals surface area (Å²) >= 11 is 3.13. The highest BCUT2D eigenvalue weighted by Gasteiger charge is 2.34. The minimum Gasteiger partial charge on any atom is -0.459 e. The average Bonchev–Trinajstić information content (AvgIpc) is 3.48. The van der Waals surface area contributed by atoms with E-state index in [-0.39, 0.29) is 36.6 Å². The standard InChI is InChI=1S/C19H22N4O4S3/c1-13-20-17(9-22(13)2)30(25,26)23-6-3-14(4-7-23)19(24)27-10-16-12-29-18(21-16)15-5-8-28-11-15/h5,8-9,11-12,14H,3-4,6-7,10H2,1-2H3. The van der Waals surface area contributed by atoms with Gasteiger partial charge in [-0.05, 0) is 31.2 Å². The maximum atomic E-state index is 12.8. The average molecular weight is 467 g/mol. The predicted octanol–water partition coefficient (Wildman–Crippen LogP) is 3.06. The van der Waals surface area contributed by atoms with E-state index >= 15 is 0 Å². The smallest absolute Gasteiger partial charge is 0.309 e. The van der Waals surface area contributed by atoms with Crippen molar-refractivity contribution in [3.8, 4) is 10.6 Å². The lowest BCUT2D eigenvalue weighted by Crippen LogP contribution is -2.40. The summed E-state index contributed by atoms with van der Waals surface area (Å²) in [6.07, 6.45) is 2.38. The van der Waals surface area contributed by atoms with E-state index in [0.29, 0.717) is 18.7 Å². The summed E-state index contributed by atoms with van der Waals surface area (Å²) in [5, 5.41) is 6.88. The summed E-state index contributed by atoms with van der Waals surface area (Å²) in [5.41, 5.74) is 1.79. The van der Waals surface area contributed by atoms with E-state index in [4.69, 9.17) is 4.74 Å². The van der Waals surface area contributed by atoms with E-state index in [9.17, 15) is 13.2 Å². The van der Waals surface area contributed by atoms with E-state index in [0.717, 1.165) is 16.3 Å². The zero-order valence-corrected chi connectivity index (χ0v) is 19.1. The van der Waals surface area contributed by atoms with Gasteiger partial charge in [-0.1, -0.05) is 0 Å². The molecule has 0 spiro atoms. The Morgan fingerprint density at radius 1 is 1.27 bits per heavy atom. The van der Waals surface area contributed by atoms with Crippen molar-refractivity contribution in [2.24, 2.45) is 13.0 Å². The molecule has 4 heterocycles. The quantitative estimate of drug-likeness (QED) is 0.518. The molecule has 0 saturated carbocycles. The van der Waals surface area contributed by atoms with Crippen LogP contribution in [0.2, 0.25) is 0 Å². The van der Waals surface area contributed by atoms with Crippen molar-refractivity contribution in [3.63, 3.8) is 0 Å². The van der Waals surface area contributed by atoms with Gasteiger partial charge in [-0.15, -0.1) is 11.3 Å². The molecule has 1 fully saturated rings. The fourth-order valence-electron chi connectivity index (χ4n) is 3.27. The molecule has 1 aliphatic heterocycles. The fraction of sp³-hybridized carbons (Fsp3) is 0.421. The Bertz CT molecular complexity index is 1110. The van der Waals surface area contributed by atoms with Gasteiger partial charge in [-0.3, -0.25) is 4.79 Å². The Morgan fingerprint density at radius 3 is 2.67 bits per heavy atom. The second-order valence-corrected chi connectivity index (χ2v) is 10.7. The molecule has 30 heavy (non-hydrogen) atoms. The third-order valence-electron chi connectivity index (χ3n) is 5.16. The van der Waals surface area contributed by atoms with Gasteiger partial charge in [0.15, 0.2) is 5.03 Å². The van der Waals surface area contributed by atoms with Crippen LogP contribution < -0.4 is 0 Å². The molecule has 0 atom stereocenters. The highest BCUT2D eigenvalue weighted by atomic mass is 32.2. The SMILES string of the molecule is Cc1nc(S(=O)(=O)N2CCC(C(=O)OCc3csc(-c4ccsc4)n3)CC2)cn1C. The molecule has 1 saturated heterocycles. The lowest BCUT2D eigenvalue weighted by atomic mass is 9.98. The maximum absolute atomic E-state index is 12.8. The lowest BCUT2D eigenvalue weighted by Gasteiger charge is -2.29. The largest absolute Gasteiger partial charge is 0.459 e. The minimum atomic E-state index is -3.65. The number of piperidine rings is 1. The zero-order valence-electron chi connectivity index (χ0n) is 16.6. The zero-order chi connectivity index (χ0) is 21.3. The Kier molecular flexibility index (Phi) is 6.05. The molecule has 0 unspecified atom stereocenters. The van der Waals surface area contributed by atoms with Crippen LogP contribution in [0.15, 0.2) is 33.4 Å². The van der Waals surface area contributed by atoms with E-state index in [2.05, 4.69) is 9.97 Å². The van der Waals surface area contributed by atoms with Crippen LogP contribution in [0.5, 0.6) is 0 Å². The van der Waals surface area contributed by atoms with Crippen LogP contribution in [0.3, 0.4) is 0 Å². The van der Waals surface area contributed by atoms with Crippen LogP contribution in [0.25, 0.3) is 10.6 Å². The molecule has 0 bridgehead atoms. The van der Waals surface area contributed by atoms with Crippen molar-refractivity contribution in [1.82, 2.24) is 18.8 Å². The molecule has 0 aliphatic carbocycles. The Balaban J connectivity index is 1.30. The first kappa shape index (κ1) is 21.2. The molecular formula is C19H22N4O4S3. The number of thiophene rings is 1. The molecule has 160 valence electrons. The molecule has 3 aromatic rings. The lowest BCUT2D eigenvalue weighted by molar-refractivity contribution is -0.151. The summed E-state index contributed by atoms with van der Waals surface area (Å²) in [6, 6.07) is 2.01. The van der Waals surface area contributed by atoms with Gasteiger partial charge in [0.05, 0.1) is 11.6 Å². The van der Waals surface area contributed by atoms with Crippen molar-refractivity contribution >= 4 is 38.7 Å². The molecule has 0 aromatic carbocycles. The highest BCUT2D eigenvalue weighted by molar-refractivity contribution is 7.89. The van der Waals surface area contributed by atoms with Crippen molar-refractivity contribution in [2.45, 2.75) is 31.4 Å². The summed E-state index contributed by atoms with van der Waals surface area (Å²) in [5.74, 6) is 0.0268. The Morgan fingerprint density at radius 2 is 2.03 bits per heavy atom. The number of esters is 1. The predicted molar refractivity (Wildman–Crippen MR) is 115 cm³/mol. The summed E-state index contributed by atoms with van der Waals surface area (Å²) < 4.78 is 34.1. The normalized spacial score (nSPS) is 16.1. The summed E-state index contributed by atoms with van der Waals surface area (Å²) in [6.45, 7) is 2.44. The summed E-state index contributed by atoms with van der Waals surface area (Å²) in [7, 11) is -1.89. The number of aromatic nitrogens is 3. The van der Waals surface area contributed by atoms with Crippen molar-refractivity contribution in [3.05, 3.63) is 39.9 Å². The number of nitrogens with zero attached hydrogens (tertiary/aromatic N) is 4. The van der Waals surface area contributed by atoms with Gasteiger partial charge in [0, 0.05) is 42.7 Å². The van der Waals surface area contributed by atoms with Crippen LogP contribution in [0, 0.1) is 12.8 Å². The van der Waals surface area contributed by atoms with Gasteiger partial charge in [0.2, 0.25) is 0 Å². The van der Waals surface area contributed by atoms with E-state index in [1.165, 1.54) is 21.8 Å². The van der Waals surface area contributed by atoms with Gasteiger partial charge >= 0.3 is 5.97 Å². The second-order valence-electron chi connectivity index (χ2n) is 7.18. The fourth-order valence-corrected chi connectivity index (χ4v) is 6.28. The third-order valence-corrected chi connectivity index (χ3v) is 8.55. The van der Waals surface area contributed by atoms with E-state index in [1.807, 2.05) is 22.2 Å². The van der Waals surface area contributed by atoms with Gasteiger partial charge in [-0.2, -0.15) is 15.6 Å². The second kappa shape index (κ2) is 8.58. The first-order valence-electron chi connectivity index (χ1n) is 9.48. The van der Waals surface area contributed by atoms with Gasteiger partial charge in [-0.25, -0.2) is 18.4 Å². The van der Waals surface area contributed by atoms with Gasteiger partial charge < -0.3 is 9.30 Å². The number of hydrogen-bond acceptors (Lipinski definition) is 8. The number of thiazole rings is 1. The minimum absolute atomic E-state index is 0.0495. The molecule has 11 heteroatoms. The van der Waals surface area contributed by atoms with Crippen LogP contribution >= 0.6 is 22.7 Å². The van der Waals surface area contributed by atoms with Gasteiger partial charge in [0.25, 0.3) is 10.0 Å². The molecular weight excluding hydrogens is 444 g/mol.